The molecule has 2 aromatic rings. The van der Waals surface area contributed by atoms with Crippen molar-refractivity contribution in [1.82, 2.24) is 0 Å². The molecule has 2 aromatic carbocycles. The molecule has 0 atom stereocenters. The van der Waals surface area contributed by atoms with Crippen LogP contribution in [0.4, 0.5) is 4.39 Å². The highest BCUT2D eigenvalue weighted by molar-refractivity contribution is 9.10. The standard InChI is InChI=1S/C14H13BrFNO/c15-13-6-5-12(7-14(13)16)18-9-11-3-1-10(8-17)2-4-11/h1-7H,8-9,17H2. The maximum Gasteiger partial charge on any atom is 0.141 e. The van der Waals surface area contributed by atoms with Gasteiger partial charge in [0.25, 0.3) is 0 Å². The molecule has 18 heavy (non-hydrogen) atoms. The van der Waals surface area contributed by atoms with E-state index in [-0.39, 0.29) is 5.82 Å². The number of hydrogen-bond acceptors (Lipinski definition) is 2. The highest BCUT2D eigenvalue weighted by atomic mass is 79.9. The van der Waals surface area contributed by atoms with Crippen LogP contribution in [0.3, 0.4) is 0 Å². The molecule has 0 aliphatic rings. The Hall–Kier alpha value is -1.39. The number of nitrogens with two attached hydrogens (primary N) is 1. The molecule has 0 saturated heterocycles. The van der Waals surface area contributed by atoms with Gasteiger partial charge in [-0.15, -0.1) is 0 Å². The largest absolute Gasteiger partial charge is 0.489 e. The first-order valence-electron chi connectivity index (χ1n) is 5.55. The Bertz CT molecular complexity index is 528. The maximum absolute atomic E-state index is 13.3. The van der Waals surface area contributed by atoms with Crippen molar-refractivity contribution in [3.63, 3.8) is 0 Å². The predicted molar refractivity (Wildman–Crippen MR) is 72.8 cm³/mol. The molecular weight excluding hydrogens is 297 g/mol. The van der Waals surface area contributed by atoms with Gasteiger partial charge in [0, 0.05) is 12.6 Å². The molecular formula is C14H13BrFNO. The molecule has 0 fully saturated rings. The number of ether oxygens (including phenoxy) is 1. The molecule has 0 radical (unpaired) electrons. The molecule has 2 rings (SSSR count). The van der Waals surface area contributed by atoms with Gasteiger partial charge < -0.3 is 10.5 Å². The van der Waals surface area contributed by atoms with E-state index < -0.39 is 0 Å². The summed E-state index contributed by atoms with van der Waals surface area (Å²) in [5.74, 6) is 0.185. The minimum atomic E-state index is -0.328. The predicted octanol–water partition coefficient (Wildman–Crippen LogP) is 3.63. The van der Waals surface area contributed by atoms with Crippen LogP contribution < -0.4 is 10.5 Å². The van der Waals surface area contributed by atoms with E-state index in [0.717, 1.165) is 11.1 Å². The Balaban J connectivity index is 1.99. The van der Waals surface area contributed by atoms with E-state index in [1.54, 1.807) is 12.1 Å². The smallest absolute Gasteiger partial charge is 0.141 e. The van der Waals surface area contributed by atoms with Gasteiger partial charge in [0.1, 0.15) is 18.2 Å². The van der Waals surface area contributed by atoms with Gasteiger partial charge in [-0.2, -0.15) is 0 Å². The van der Waals surface area contributed by atoms with Crippen LogP contribution in [0.2, 0.25) is 0 Å². The first kappa shape index (κ1) is 13.1. The molecule has 0 amide bonds. The van der Waals surface area contributed by atoms with Gasteiger partial charge in [0.05, 0.1) is 4.47 Å². The Morgan fingerprint density at radius 3 is 2.33 bits per heavy atom. The van der Waals surface area contributed by atoms with Crippen molar-refractivity contribution in [2.75, 3.05) is 0 Å². The normalized spacial score (nSPS) is 10.4. The molecule has 0 heterocycles. The van der Waals surface area contributed by atoms with Crippen LogP contribution in [-0.4, -0.2) is 0 Å². The van der Waals surface area contributed by atoms with Crippen LogP contribution in [0.25, 0.3) is 0 Å². The lowest BCUT2D eigenvalue weighted by atomic mass is 10.1. The first-order valence-corrected chi connectivity index (χ1v) is 6.34. The van der Waals surface area contributed by atoms with Crippen molar-refractivity contribution in [3.8, 4) is 5.75 Å². The second-order valence-electron chi connectivity index (χ2n) is 3.89. The van der Waals surface area contributed by atoms with Crippen molar-refractivity contribution in [2.45, 2.75) is 13.2 Å². The third-order valence-corrected chi connectivity index (χ3v) is 3.20. The molecule has 94 valence electrons. The van der Waals surface area contributed by atoms with E-state index in [9.17, 15) is 4.39 Å². The van der Waals surface area contributed by atoms with Crippen LogP contribution in [0.1, 0.15) is 11.1 Å². The van der Waals surface area contributed by atoms with Gasteiger partial charge in [0.2, 0.25) is 0 Å². The van der Waals surface area contributed by atoms with E-state index in [1.807, 2.05) is 24.3 Å². The van der Waals surface area contributed by atoms with Gasteiger partial charge in [-0.25, -0.2) is 4.39 Å². The minimum absolute atomic E-state index is 0.328. The molecule has 0 aliphatic heterocycles. The van der Waals surface area contributed by atoms with Crippen molar-refractivity contribution < 1.29 is 9.13 Å². The fourth-order valence-electron chi connectivity index (χ4n) is 1.50. The summed E-state index contributed by atoms with van der Waals surface area (Å²) in [4.78, 5) is 0. The van der Waals surface area contributed by atoms with Crippen LogP contribution >= 0.6 is 15.9 Å². The SMILES string of the molecule is NCc1ccc(COc2ccc(Br)c(F)c2)cc1. The van der Waals surface area contributed by atoms with E-state index in [0.29, 0.717) is 23.4 Å². The van der Waals surface area contributed by atoms with Crippen molar-refractivity contribution in [1.29, 1.82) is 0 Å². The molecule has 0 aromatic heterocycles. The molecule has 2 N–H and O–H groups in total. The lowest BCUT2D eigenvalue weighted by Gasteiger charge is -2.07. The van der Waals surface area contributed by atoms with Gasteiger partial charge in [-0.1, -0.05) is 24.3 Å². The van der Waals surface area contributed by atoms with Crippen molar-refractivity contribution >= 4 is 15.9 Å². The molecule has 0 unspecified atom stereocenters. The average Bonchev–Trinajstić information content (AvgIpc) is 2.41. The van der Waals surface area contributed by atoms with Crippen LogP contribution in [0.5, 0.6) is 5.75 Å². The lowest BCUT2D eigenvalue weighted by Crippen LogP contribution is -1.98. The van der Waals surface area contributed by atoms with Gasteiger partial charge in [0.15, 0.2) is 0 Å². The summed E-state index contributed by atoms with van der Waals surface area (Å²) in [6.45, 7) is 0.936. The van der Waals surface area contributed by atoms with Gasteiger partial charge in [-0.05, 0) is 39.2 Å². The fourth-order valence-corrected chi connectivity index (χ4v) is 1.75. The van der Waals surface area contributed by atoms with E-state index in [2.05, 4.69) is 15.9 Å². The van der Waals surface area contributed by atoms with E-state index in [1.165, 1.54) is 6.07 Å². The van der Waals surface area contributed by atoms with Crippen LogP contribution in [-0.2, 0) is 13.2 Å². The molecule has 0 spiro atoms. The number of benzene rings is 2. The molecule has 0 aliphatic carbocycles. The molecule has 0 bridgehead atoms. The summed E-state index contributed by atoms with van der Waals surface area (Å²) in [6.07, 6.45) is 0. The zero-order valence-electron chi connectivity index (χ0n) is 9.70. The number of rotatable bonds is 4. The number of halogens is 2. The second kappa shape index (κ2) is 5.98. The topological polar surface area (TPSA) is 35.2 Å². The van der Waals surface area contributed by atoms with E-state index >= 15 is 0 Å². The van der Waals surface area contributed by atoms with Crippen LogP contribution in [0.15, 0.2) is 46.9 Å². The maximum atomic E-state index is 13.3. The summed E-state index contributed by atoms with van der Waals surface area (Å²) in [5, 5.41) is 0. The van der Waals surface area contributed by atoms with E-state index in [4.69, 9.17) is 10.5 Å². The zero-order valence-corrected chi connectivity index (χ0v) is 11.3. The third-order valence-electron chi connectivity index (χ3n) is 2.56. The summed E-state index contributed by atoms with van der Waals surface area (Å²) in [5.41, 5.74) is 7.62. The monoisotopic (exact) mass is 309 g/mol. The highest BCUT2D eigenvalue weighted by Gasteiger charge is 2.02. The summed E-state index contributed by atoms with van der Waals surface area (Å²) < 4.78 is 19.2. The Morgan fingerprint density at radius 2 is 1.72 bits per heavy atom. The van der Waals surface area contributed by atoms with Gasteiger partial charge >= 0.3 is 0 Å². The molecule has 2 nitrogen and oxygen atoms in total. The number of hydrogen-bond donors (Lipinski definition) is 1. The summed E-state index contributed by atoms with van der Waals surface area (Å²) in [6, 6.07) is 12.5. The molecule has 4 heteroatoms. The second-order valence-corrected chi connectivity index (χ2v) is 4.74. The Morgan fingerprint density at radius 1 is 1.06 bits per heavy atom. The van der Waals surface area contributed by atoms with Crippen molar-refractivity contribution in [3.05, 3.63) is 63.9 Å². The molecule has 0 saturated carbocycles. The lowest BCUT2D eigenvalue weighted by molar-refractivity contribution is 0.304. The Labute approximate surface area is 114 Å². The average molecular weight is 310 g/mol. The highest BCUT2D eigenvalue weighted by Crippen LogP contribution is 2.21. The quantitative estimate of drug-likeness (QED) is 0.936. The van der Waals surface area contributed by atoms with Gasteiger partial charge in [-0.3, -0.25) is 0 Å². The zero-order chi connectivity index (χ0) is 13.0. The Kier molecular flexibility index (Phi) is 4.33. The minimum Gasteiger partial charge on any atom is -0.489 e. The van der Waals surface area contributed by atoms with Crippen molar-refractivity contribution in [2.24, 2.45) is 5.73 Å². The summed E-state index contributed by atoms with van der Waals surface area (Å²) >= 11 is 3.10. The fraction of sp³-hybridized carbons (Fsp3) is 0.143. The van der Waals surface area contributed by atoms with Crippen LogP contribution in [0, 0.1) is 5.82 Å². The first-order chi connectivity index (χ1) is 8.69. The third kappa shape index (κ3) is 3.31. The summed E-state index contributed by atoms with van der Waals surface area (Å²) in [7, 11) is 0.